The van der Waals surface area contributed by atoms with E-state index < -0.39 is 16.2 Å². The van der Waals surface area contributed by atoms with E-state index in [0.29, 0.717) is 63.6 Å². The summed E-state index contributed by atoms with van der Waals surface area (Å²) in [4.78, 5) is 17.9. The van der Waals surface area contributed by atoms with E-state index in [1.54, 1.807) is 14.1 Å². The number of nitrogens with zero attached hydrogens (tertiary/aromatic N) is 7. The second-order valence-corrected chi connectivity index (χ2v) is 18.1. The Labute approximate surface area is 358 Å². The van der Waals surface area contributed by atoms with Crippen LogP contribution in [-0.4, -0.2) is 127 Å². The number of hydrogen-bond donors (Lipinski definition) is 2. The number of ether oxygens (including phenoxy) is 2. The molecule has 4 heterocycles. The van der Waals surface area contributed by atoms with E-state index >= 15 is 0 Å². The third-order valence-corrected chi connectivity index (χ3v) is 14.0. The molecule has 0 bridgehead atoms. The van der Waals surface area contributed by atoms with Crippen molar-refractivity contribution in [3.8, 4) is 22.6 Å². The van der Waals surface area contributed by atoms with Gasteiger partial charge in [-0.3, -0.25) is 9.58 Å². The van der Waals surface area contributed by atoms with Gasteiger partial charge in [0.15, 0.2) is 0 Å². The van der Waals surface area contributed by atoms with Crippen LogP contribution in [0, 0.1) is 6.92 Å². The summed E-state index contributed by atoms with van der Waals surface area (Å²) < 4.78 is 44.7. The lowest BCUT2D eigenvalue weighted by atomic mass is 9.98. The van der Waals surface area contributed by atoms with E-state index in [2.05, 4.69) is 45.4 Å². The fourth-order valence-corrected chi connectivity index (χ4v) is 9.95. The van der Waals surface area contributed by atoms with Gasteiger partial charge in [0.25, 0.3) is 10.2 Å². The van der Waals surface area contributed by atoms with Gasteiger partial charge in [-0.05, 0) is 61.0 Å². The first-order valence-corrected chi connectivity index (χ1v) is 22.5. The van der Waals surface area contributed by atoms with Crippen LogP contribution in [0.3, 0.4) is 0 Å². The highest BCUT2D eigenvalue weighted by Crippen LogP contribution is 2.39. The summed E-state index contributed by atoms with van der Waals surface area (Å²) in [6, 6.07) is 28.3. The Balaban J connectivity index is 1.06. The van der Waals surface area contributed by atoms with Crippen LogP contribution in [0.2, 0.25) is 0 Å². The van der Waals surface area contributed by atoms with Crippen molar-refractivity contribution in [3.63, 3.8) is 0 Å². The topological polar surface area (TPSA) is 138 Å². The van der Waals surface area contributed by atoms with E-state index in [9.17, 15) is 18.3 Å². The number of aryl methyl sites for hydroxylation is 3. The second kappa shape index (κ2) is 18.3. The molecule has 0 atom stereocenters. The molecule has 14 nitrogen and oxygen atoms in total. The maximum absolute atomic E-state index is 13.4. The molecule has 2 N–H and O–H groups in total. The monoisotopic (exact) mass is 848 g/mol. The van der Waals surface area contributed by atoms with Gasteiger partial charge >= 0.3 is 5.97 Å². The highest BCUT2D eigenvalue weighted by Gasteiger charge is 2.30. The number of aromatic nitrogens is 3. The van der Waals surface area contributed by atoms with Crippen molar-refractivity contribution in [1.29, 1.82) is 0 Å². The Bertz CT molecular complexity index is 2600. The predicted molar refractivity (Wildman–Crippen MR) is 240 cm³/mol. The molecule has 61 heavy (non-hydrogen) atoms. The van der Waals surface area contributed by atoms with Crippen molar-refractivity contribution in [1.82, 2.24) is 33.2 Å². The number of carbonyl (C=O) groups is 1. The fraction of sp³-hybridized carbons (Fsp3) is 0.391. The molecule has 2 aliphatic heterocycles. The molecule has 2 aliphatic rings. The number of nitrogens with one attached hydrogen (secondary N) is 1. The number of fused-ring (bicyclic) bond motifs is 2. The average molecular weight is 849 g/mol. The summed E-state index contributed by atoms with van der Waals surface area (Å²) in [7, 11) is 1.59. The quantitative estimate of drug-likeness (QED) is 0.118. The molecule has 2 saturated heterocycles. The Morgan fingerprint density at radius 1 is 0.852 bits per heavy atom. The number of piperazine rings is 2. The maximum Gasteiger partial charge on any atom is 0.352 e. The smallest absolute Gasteiger partial charge is 0.352 e. The summed E-state index contributed by atoms with van der Waals surface area (Å²) in [5, 5.41) is 22.3. The maximum atomic E-state index is 13.4. The molecule has 0 saturated carbocycles. The molecule has 0 radical (unpaired) electrons. The number of hydrogen-bond acceptors (Lipinski definition) is 9. The molecule has 0 amide bonds. The Morgan fingerprint density at radius 3 is 2.30 bits per heavy atom. The van der Waals surface area contributed by atoms with Crippen LogP contribution < -0.4 is 19.7 Å². The van der Waals surface area contributed by atoms with E-state index in [1.165, 1.54) is 8.61 Å². The minimum absolute atomic E-state index is 0.245. The molecule has 15 heteroatoms. The number of benzene rings is 4. The molecule has 8 rings (SSSR count). The Kier molecular flexibility index (Phi) is 12.6. The number of anilines is 1. The normalized spacial score (nSPS) is 15.6. The number of para-hydroxylation sites is 1. The van der Waals surface area contributed by atoms with Crippen LogP contribution in [0.4, 0.5) is 5.69 Å². The van der Waals surface area contributed by atoms with Crippen molar-refractivity contribution in [2.24, 2.45) is 7.05 Å². The summed E-state index contributed by atoms with van der Waals surface area (Å²) >= 11 is 0. The molecular formula is C46H56N8O6S. The minimum atomic E-state index is -3.44. The van der Waals surface area contributed by atoms with Crippen LogP contribution in [0.15, 0.2) is 84.9 Å². The first-order chi connectivity index (χ1) is 29.5. The lowest BCUT2D eigenvalue weighted by Gasteiger charge is -2.36. The van der Waals surface area contributed by atoms with Gasteiger partial charge in [-0.1, -0.05) is 54.6 Å². The van der Waals surface area contributed by atoms with Crippen molar-refractivity contribution in [3.05, 3.63) is 108 Å². The van der Waals surface area contributed by atoms with Crippen LogP contribution in [0.1, 0.15) is 33.9 Å². The number of aromatic carboxylic acids is 1. The van der Waals surface area contributed by atoms with Gasteiger partial charge in [0.05, 0.1) is 23.5 Å². The first kappa shape index (κ1) is 42.2. The molecule has 0 unspecified atom stereocenters. The Hall–Kier alpha value is -5.45. The fourth-order valence-electron chi connectivity index (χ4n) is 8.87. The highest BCUT2D eigenvalue weighted by molar-refractivity contribution is 7.86. The summed E-state index contributed by atoms with van der Waals surface area (Å²) in [5.41, 5.74) is 6.59. The van der Waals surface area contributed by atoms with Crippen molar-refractivity contribution in [2.75, 3.05) is 84.5 Å². The Morgan fingerprint density at radius 2 is 1.56 bits per heavy atom. The lowest BCUT2D eigenvalue weighted by Crippen LogP contribution is -2.51. The van der Waals surface area contributed by atoms with E-state index in [4.69, 9.17) is 14.6 Å². The number of carboxylic acids is 1. The van der Waals surface area contributed by atoms with Crippen LogP contribution in [-0.2, 0) is 36.8 Å². The number of carboxylic acid groups (broad SMARTS) is 1. The van der Waals surface area contributed by atoms with Crippen LogP contribution in [0.25, 0.3) is 32.8 Å². The van der Waals surface area contributed by atoms with Gasteiger partial charge < -0.3 is 29.4 Å². The average Bonchev–Trinajstić information content (AvgIpc) is 3.75. The van der Waals surface area contributed by atoms with Crippen LogP contribution >= 0.6 is 0 Å². The molecular weight excluding hydrogens is 793 g/mol. The van der Waals surface area contributed by atoms with Gasteiger partial charge in [0.2, 0.25) is 0 Å². The van der Waals surface area contributed by atoms with Gasteiger partial charge in [-0.25, -0.2) is 4.79 Å². The van der Waals surface area contributed by atoms with Gasteiger partial charge in [-0.2, -0.15) is 22.1 Å². The summed E-state index contributed by atoms with van der Waals surface area (Å²) in [6.45, 7) is 9.61. The molecule has 6 aromatic rings. The highest BCUT2D eigenvalue weighted by atomic mass is 32.2. The predicted octanol–water partition coefficient (Wildman–Crippen LogP) is 5.63. The van der Waals surface area contributed by atoms with E-state index in [-0.39, 0.29) is 6.61 Å². The third-order valence-electron chi connectivity index (χ3n) is 12.0. The SMILES string of the molecule is Cc1nn(C)c(COc2ccc(N3CCN(S(=O)(=O)N(C)C)CC3)cc2)c1-c1cccc2c(CCCOc3cccc4ccccc34)c(C(=O)O)n(CCN3CCNCC3)c12. The van der Waals surface area contributed by atoms with Crippen molar-refractivity contribution >= 4 is 43.5 Å². The molecule has 0 spiro atoms. The summed E-state index contributed by atoms with van der Waals surface area (Å²) in [5.74, 6) is 0.577. The van der Waals surface area contributed by atoms with E-state index in [1.807, 2.05) is 77.8 Å². The molecule has 2 aromatic heterocycles. The van der Waals surface area contributed by atoms with Gasteiger partial charge in [-0.15, -0.1) is 0 Å². The second-order valence-electron chi connectivity index (χ2n) is 16.0. The summed E-state index contributed by atoms with van der Waals surface area (Å²) in [6.07, 6.45) is 1.18. The van der Waals surface area contributed by atoms with Crippen LogP contribution in [0.5, 0.6) is 11.5 Å². The molecule has 4 aromatic carbocycles. The minimum Gasteiger partial charge on any atom is -0.493 e. The zero-order chi connectivity index (χ0) is 42.7. The van der Waals surface area contributed by atoms with Crippen molar-refractivity contribution < 1.29 is 27.8 Å². The lowest BCUT2D eigenvalue weighted by molar-refractivity contribution is 0.0683. The molecule has 322 valence electrons. The zero-order valence-corrected chi connectivity index (χ0v) is 36.3. The molecule has 0 aliphatic carbocycles. The van der Waals surface area contributed by atoms with Crippen molar-refractivity contribution in [2.45, 2.75) is 32.9 Å². The molecule has 2 fully saturated rings. The number of rotatable bonds is 16. The van der Waals surface area contributed by atoms with Gasteiger partial charge in [0.1, 0.15) is 23.8 Å². The third kappa shape index (κ3) is 8.84. The first-order valence-electron chi connectivity index (χ1n) is 21.1. The van der Waals surface area contributed by atoms with Gasteiger partial charge in [0, 0.05) is 114 Å². The zero-order valence-electron chi connectivity index (χ0n) is 35.5. The standard InChI is InChI=1S/C46H56N8O6S/c1-33-43(41(50(4)48-33)32-60-36-19-17-35(18-20-36)52-26-28-53(29-27-52)61(57,58)49(2)3)40-14-8-13-38-39(15-9-31-59-42-16-7-11-34-10-5-6-12-37(34)42)45(46(55)56)54(44(38)40)30-25-51-23-21-47-22-24-51/h5-8,10-14,16-20,47H,9,15,21-32H2,1-4H3,(H,55,56). The van der Waals surface area contributed by atoms with E-state index in [0.717, 1.165) is 93.9 Å². The largest absolute Gasteiger partial charge is 0.493 e.